The van der Waals surface area contributed by atoms with Gasteiger partial charge in [0.2, 0.25) is 15.9 Å². The topological polar surface area (TPSA) is 88.2 Å². The highest BCUT2D eigenvalue weighted by atomic mass is 32.2. The second-order valence-corrected chi connectivity index (χ2v) is 8.59. The van der Waals surface area contributed by atoms with Gasteiger partial charge in [0.25, 0.3) is 0 Å². The van der Waals surface area contributed by atoms with E-state index in [-0.39, 0.29) is 16.7 Å². The van der Waals surface area contributed by atoms with Gasteiger partial charge in [0.15, 0.2) is 0 Å². The van der Waals surface area contributed by atoms with Crippen molar-refractivity contribution in [3.63, 3.8) is 0 Å². The van der Waals surface area contributed by atoms with Gasteiger partial charge in [-0.2, -0.15) is 4.72 Å². The van der Waals surface area contributed by atoms with Gasteiger partial charge in [0.1, 0.15) is 6.04 Å². The lowest BCUT2D eigenvalue weighted by Gasteiger charge is -2.20. The number of hydrogen-bond donors (Lipinski definition) is 2. The zero-order valence-corrected chi connectivity index (χ0v) is 16.8. The van der Waals surface area contributed by atoms with Crippen LogP contribution in [0.4, 0.5) is 0 Å². The lowest BCUT2D eigenvalue weighted by molar-refractivity contribution is -0.123. The number of aromatic nitrogens is 1. The molecule has 0 saturated carbocycles. The van der Waals surface area contributed by atoms with Crippen LogP contribution in [-0.4, -0.2) is 25.4 Å². The van der Waals surface area contributed by atoms with Crippen LogP contribution in [0, 0.1) is 5.92 Å². The van der Waals surface area contributed by atoms with E-state index in [1.807, 2.05) is 26.8 Å². The molecule has 0 unspecified atom stereocenters. The van der Waals surface area contributed by atoms with E-state index in [2.05, 4.69) is 15.0 Å². The fourth-order valence-corrected chi connectivity index (χ4v) is 3.86. The Morgan fingerprint density at radius 2 is 1.81 bits per heavy atom. The maximum absolute atomic E-state index is 12.7. The lowest BCUT2D eigenvalue weighted by Crippen LogP contribution is -2.47. The van der Waals surface area contributed by atoms with Gasteiger partial charge in [-0.3, -0.25) is 9.78 Å². The number of carbonyl (C=O) groups is 1. The van der Waals surface area contributed by atoms with Crippen molar-refractivity contribution in [3.05, 3.63) is 59.9 Å². The van der Waals surface area contributed by atoms with Gasteiger partial charge >= 0.3 is 0 Å². The Balaban J connectivity index is 2.10. The summed E-state index contributed by atoms with van der Waals surface area (Å²) in [6, 6.07) is 9.52. The SMILES string of the molecule is CCc1ccc(S(=O)(=O)N[C@@H](CC(C)C)C(=O)NCc2cccnc2)cc1. The van der Waals surface area contributed by atoms with Crippen molar-refractivity contribution in [2.24, 2.45) is 5.92 Å². The van der Waals surface area contributed by atoms with Crippen LogP contribution in [0.2, 0.25) is 0 Å². The van der Waals surface area contributed by atoms with Crippen molar-refractivity contribution >= 4 is 15.9 Å². The molecule has 1 amide bonds. The number of nitrogens with one attached hydrogen (secondary N) is 2. The Labute approximate surface area is 161 Å². The third-order valence-electron chi connectivity index (χ3n) is 4.15. The van der Waals surface area contributed by atoms with Crippen LogP contribution in [0.25, 0.3) is 0 Å². The molecule has 0 spiro atoms. The summed E-state index contributed by atoms with van der Waals surface area (Å²) in [5.41, 5.74) is 1.91. The number of hydrogen-bond acceptors (Lipinski definition) is 4. The number of pyridine rings is 1. The maximum Gasteiger partial charge on any atom is 0.241 e. The molecule has 2 rings (SSSR count). The van der Waals surface area contributed by atoms with E-state index in [4.69, 9.17) is 0 Å². The predicted octanol–water partition coefficient (Wildman–Crippen LogP) is 2.65. The molecule has 2 aromatic rings. The second kappa shape index (κ2) is 9.62. The van der Waals surface area contributed by atoms with E-state index >= 15 is 0 Å². The molecular weight excluding hydrogens is 362 g/mol. The zero-order chi connectivity index (χ0) is 19.9. The third kappa shape index (κ3) is 6.45. The first kappa shape index (κ1) is 21.1. The van der Waals surface area contributed by atoms with E-state index in [1.54, 1.807) is 42.7 Å². The molecule has 0 aliphatic heterocycles. The second-order valence-electron chi connectivity index (χ2n) is 6.88. The zero-order valence-electron chi connectivity index (χ0n) is 16.0. The fourth-order valence-electron chi connectivity index (χ4n) is 2.65. The first-order valence-electron chi connectivity index (χ1n) is 9.09. The third-order valence-corrected chi connectivity index (χ3v) is 5.64. The molecule has 1 aromatic heterocycles. The highest BCUT2D eigenvalue weighted by molar-refractivity contribution is 7.89. The van der Waals surface area contributed by atoms with Crippen LogP contribution in [0.1, 0.15) is 38.3 Å². The van der Waals surface area contributed by atoms with Crippen molar-refractivity contribution in [1.29, 1.82) is 0 Å². The highest BCUT2D eigenvalue weighted by Gasteiger charge is 2.26. The minimum Gasteiger partial charge on any atom is -0.351 e. The molecule has 0 aliphatic carbocycles. The Morgan fingerprint density at radius 1 is 1.11 bits per heavy atom. The largest absolute Gasteiger partial charge is 0.351 e. The van der Waals surface area contributed by atoms with E-state index in [1.165, 1.54) is 0 Å². The smallest absolute Gasteiger partial charge is 0.241 e. The number of amides is 1. The van der Waals surface area contributed by atoms with Gasteiger partial charge in [-0.15, -0.1) is 0 Å². The number of carbonyl (C=O) groups excluding carboxylic acids is 1. The number of sulfonamides is 1. The number of aryl methyl sites for hydroxylation is 1. The molecular formula is C20H27N3O3S. The van der Waals surface area contributed by atoms with Crippen molar-refractivity contribution < 1.29 is 13.2 Å². The summed E-state index contributed by atoms with van der Waals surface area (Å²) in [6.45, 7) is 6.21. The van der Waals surface area contributed by atoms with Crippen molar-refractivity contribution in [2.75, 3.05) is 0 Å². The molecule has 27 heavy (non-hydrogen) atoms. The number of nitrogens with zero attached hydrogens (tertiary/aromatic N) is 1. The summed E-state index contributed by atoms with van der Waals surface area (Å²) in [5.74, 6) is -0.189. The van der Waals surface area contributed by atoms with E-state index < -0.39 is 16.1 Å². The highest BCUT2D eigenvalue weighted by Crippen LogP contribution is 2.14. The molecule has 0 fully saturated rings. The molecule has 1 aromatic carbocycles. The van der Waals surface area contributed by atoms with Gasteiger partial charge < -0.3 is 5.32 Å². The standard InChI is InChI=1S/C20H27N3O3S/c1-4-16-7-9-18(10-8-16)27(25,26)23-19(12-15(2)3)20(24)22-14-17-6-5-11-21-13-17/h5-11,13,15,19,23H,4,12,14H2,1-3H3,(H,22,24)/t19-/m0/s1. The molecule has 1 atom stereocenters. The first-order valence-corrected chi connectivity index (χ1v) is 10.6. The number of rotatable bonds is 9. The molecule has 0 radical (unpaired) electrons. The van der Waals surface area contributed by atoms with Gasteiger partial charge in [0.05, 0.1) is 4.90 Å². The van der Waals surface area contributed by atoms with Gasteiger partial charge in [-0.1, -0.05) is 39.0 Å². The minimum atomic E-state index is -3.78. The average Bonchev–Trinajstić information content (AvgIpc) is 2.66. The Morgan fingerprint density at radius 3 is 2.37 bits per heavy atom. The molecule has 2 N–H and O–H groups in total. The average molecular weight is 390 g/mol. The Bertz CT molecular complexity index is 835. The number of benzene rings is 1. The molecule has 0 saturated heterocycles. The Hall–Kier alpha value is -2.25. The van der Waals surface area contributed by atoms with Gasteiger partial charge in [0, 0.05) is 18.9 Å². The summed E-state index contributed by atoms with van der Waals surface area (Å²) < 4.78 is 28.0. The van der Waals surface area contributed by atoms with Gasteiger partial charge in [-0.25, -0.2) is 8.42 Å². The predicted molar refractivity (Wildman–Crippen MR) is 105 cm³/mol. The van der Waals surface area contributed by atoms with E-state index in [0.717, 1.165) is 17.5 Å². The molecule has 0 aliphatic rings. The summed E-state index contributed by atoms with van der Waals surface area (Å²) in [5, 5.41) is 2.79. The van der Waals surface area contributed by atoms with Crippen LogP contribution < -0.4 is 10.0 Å². The van der Waals surface area contributed by atoms with Crippen LogP contribution in [0.15, 0.2) is 53.7 Å². The summed E-state index contributed by atoms with van der Waals surface area (Å²) in [7, 11) is -3.78. The van der Waals surface area contributed by atoms with Crippen molar-refractivity contribution in [2.45, 2.75) is 51.1 Å². The van der Waals surface area contributed by atoms with E-state index in [0.29, 0.717) is 13.0 Å². The first-order chi connectivity index (χ1) is 12.8. The van der Waals surface area contributed by atoms with Crippen LogP contribution >= 0.6 is 0 Å². The van der Waals surface area contributed by atoms with Crippen molar-refractivity contribution in [1.82, 2.24) is 15.0 Å². The minimum absolute atomic E-state index is 0.157. The molecule has 146 valence electrons. The monoisotopic (exact) mass is 389 g/mol. The van der Waals surface area contributed by atoms with Crippen LogP contribution in [0.3, 0.4) is 0 Å². The van der Waals surface area contributed by atoms with E-state index in [9.17, 15) is 13.2 Å². The molecule has 0 bridgehead atoms. The van der Waals surface area contributed by atoms with Crippen LogP contribution in [0.5, 0.6) is 0 Å². The maximum atomic E-state index is 12.7. The van der Waals surface area contributed by atoms with Gasteiger partial charge in [-0.05, 0) is 48.1 Å². The molecule has 6 nitrogen and oxygen atoms in total. The molecule has 1 heterocycles. The lowest BCUT2D eigenvalue weighted by atomic mass is 10.0. The fraction of sp³-hybridized carbons (Fsp3) is 0.400. The summed E-state index contributed by atoms with van der Waals surface area (Å²) in [6.07, 6.45) is 4.56. The normalized spacial score (nSPS) is 12.7. The van der Waals surface area contributed by atoms with Crippen molar-refractivity contribution in [3.8, 4) is 0 Å². The Kier molecular flexibility index (Phi) is 7.50. The summed E-state index contributed by atoms with van der Waals surface area (Å²) >= 11 is 0. The van der Waals surface area contributed by atoms with Crippen LogP contribution in [-0.2, 0) is 27.8 Å². The molecule has 7 heteroatoms. The quantitative estimate of drug-likeness (QED) is 0.690. The summed E-state index contributed by atoms with van der Waals surface area (Å²) in [4.78, 5) is 16.8.